The molecule has 0 bridgehead atoms. The van der Waals surface area contributed by atoms with Crippen molar-refractivity contribution in [3.63, 3.8) is 0 Å². The standard InChI is InChI=1S/C13H12N4O/c1-10(11-5-4-7-14-9-11)16-17-13(18)12-6-2-3-8-15-12/h2-9H,1H3,(H,17,18)/b16-10-. The van der Waals surface area contributed by atoms with Gasteiger partial charge in [-0.2, -0.15) is 5.10 Å². The molecule has 18 heavy (non-hydrogen) atoms. The Labute approximate surface area is 105 Å². The third-order valence-electron chi connectivity index (χ3n) is 2.30. The first-order valence-electron chi connectivity index (χ1n) is 5.43. The Kier molecular flexibility index (Phi) is 3.76. The topological polar surface area (TPSA) is 67.2 Å². The lowest BCUT2D eigenvalue weighted by Crippen LogP contribution is -2.20. The van der Waals surface area contributed by atoms with Crippen molar-refractivity contribution in [1.29, 1.82) is 0 Å². The molecule has 0 aromatic carbocycles. The third-order valence-corrected chi connectivity index (χ3v) is 2.30. The molecular weight excluding hydrogens is 228 g/mol. The lowest BCUT2D eigenvalue weighted by Gasteiger charge is -2.01. The number of carbonyl (C=O) groups excluding carboxylic acids is 1. The molecule has 0 aliphatic rings. The van der Waals surface area contributed by atoms with Crippen molar-refractivity contribution in [3.05, 3.63) is 60.2 Å². The number of carbonyl (C=O) groups is 1. The molecule has 1 N–H and O–H groups in total. The van der Waals surface area contributed by atoms with Crippen LogP contribution >= 0.6 is 0 Å². The molecule has 90 valence electrons. The molecule has 2 aromatic rings. The number of hydrogen-bond donors (Lipinski definition) is 1. The first-order chi connectivity index (χ1) is 8.77. The second kappa shape index (κ2) is 5.67. The van der Waals surface area contributed by atoms with Gasteiger partial charge in [-0.25, -0.2) is 5.43 Å². The summed E-state index contributed by atoms with van der Waals surface area (Å²) in [6.07, 6.45) is 4.93. The van der Waals surface area contributed by atoms with E-state index in [9.17, 15) is 4.79 Å². The summed E-state index contributed by atoms with van der Waals surface area (Å²) in [7, 11) is 0. The molecule has 0 unspecified atom stereocenters. The summed E-state index contributed by atoms with van der Waals surface area (Å²) in [5.41, 5.74) is 4.34. The van der Waals surface area contributed by atoms with E-state index in [2.05, 4.69) is 20.5 Å². The number of hydrogen-bond acceptors (Lipinski definition) is 4. The molecule has 0 spiro atoms. The number of aromatic nitrogens is 2. The molecule has 0 saturated heterocycles. The van der Waals surface area contributed by atoms with Crippen molar-refractivity contribution in [3.8, 4) is 0 Å². The molecule has 0 aliphatic heterocycles. The predicted molar refractivity (Wildman–Crippen MR) is 68.2 cm³/mol. The van der Waals surface area contributed by atoms with Crippen LogP contribution in [0.4, 0.5) is 0 Å². The summed E-state index contributed by atoms with van der Waals surface area (Å²) < 4.78 is 0. The van der Waals surface area contributed by atoms with E-state index in [4.69, 9.17) is 0 Å². The molecule has 2 rings (SSSR count). The summed E-state index contributed by atoms with van der Waals surface area (Å²) >= 11 is 0. The number of pyridine rings is 2. The first kappa shape index (κ1) is 11.9. The Balaban J connectivity index is 2.05. The molecule has 5 nitrogen and oxygen atoms in total. The Morgan fingerprint density at radius 2 is 2.11 bits per heavy atom. The molecule has 5 heteroatoms. The highest BCUT2D eigenvalue weighted by molar-refractivity contribution is 6.00. The van der Waals surface area contributed by atoms with Crippen molar-refractivity contribution < 1.29 is 4.79 Å². The summed E-state index contributed by atoms with van der Waals surface area (Å²) in [5.74, 6) is -0.334. The smallest absolute Gasteiger partial charge is 0.266 e. The molecule has 0 aliphatic carbocycles. The van der Waals surface area contributed by atoms with Gasteiger partial charge in [0, 0.05) is 24.2 Å². The third kappa shape index (κ3) is 2.98. The highest BCUT2D eigenvalue weighted by atomic mass is 16.2. The molecular formula is C13H12N4O. The van der Waals surface area contributed by atoms with Crippen molar-refractivity contribution in [2.75, 3.05) is 0 Å². The average Bonchev–Trinajstić information content (AvgIpc) is 2.46. The average molecular weight is 240 g/mol. The lowest BCUT2D eigenvalue weighted by molar-refractivity contribution is 0.0950. The van der Waals surface area contributed by atoms with Crippen LogP contribution in [-0.2, 0) is 0 Å². The second-order valence-electron chi connectivity index (χ2n) is 3.59. The minimum absolute atomic E-state index is 0.334. The van der Waals surface area contributed by atoms with E-state index in [0.717, 1.165) is 5.56 Å². The van der Waals surface area contributed by atoms with Gasteiger partial charge in [-0.1, -0.05) is 12.1 Å². The summed E-state index contributed by atoms with van der Waals surface area (Å²) in [5, 5.41) is 4.01. The molecule has 0 radical (unpaired) electrons. The fourth-order valence-electron chi connectivity index (χ4n) is 1.33. The zero-order valence-corrected chi connectivity index (χ0v) is 9.87. The van der Waals surface area contributed by atoms with E-state index in [1.165, 1.54) is 0 Å². The number of rotatable bonds is 3. The zero-order valence-electron chi connectivity index (χ0n) is 9.87. The van der Waals surface area contributed by atoms with Gasteiger partial charge < -0.3 is 0 Å². The molecule has 1 amide bonds. The van der Waals surface area contributed by atoms with E-state index in [1.807, 2.05) is 12.1 Å². The molecule has 2 aromatic heterocycles. The Hall–Kier alpha value is -2.56. The molecule has 0 atom stereocenters. The van der Waals surface area contributed by atoms with E-state index >= 15 is 0 Å². The quantitative estimate of drug-likeness (QED) is 0.655. The second-order valence-corrected chi connectivity index (χ2v) is 3.59. The van der Waals surface area contributed by atoms with Crippen LogP contribution < -0.4 is 5.43 Å². The number of nitrogens with one attached hydrogen (secondary N) is 1. The number of hydrazone groups is 1. The highest BCUT2D eigenvalue weighted by Crippen LogP contribution is 1.98. The van der Waals surface area contributed by atoms with Crippen LogP contribution in [0.2, 0.25) is 0 Å². The van der Waals surface area contributed by atoms with Crippen molar-refractivity contribution in [2.24, 2.45) is 5.10 Å². The van der Waals surface area contributed by atoms with Gasteiger partial charge in [0.05, 0.1) is 5.71 Å². The van der Waals surface area contributed by atoms with E-state index in [1.54, 1.807) is 43.7 Å². The van der Waals surface area contributed by atoms with Gasteiger partial charge in [-0.15, -0.1) is 0 Å². The van der Waals surface area contributed by atoms with Gasteiger partial charge in [-0.05, 0) is 25.1 Å². The fourth-order valence-corrected chi connectivity index (χ4v) is 1.33. The molecule has 2 heterocycles. The SMILES string of the molecule is C/C(=N/NC(=O)c1ccccn1)c1cccnc1. The van der Waals surface area contributed by atoms with Crippen LogP contribution in [-0.4, -0.2) is 21.6 Å². The minimum Gasteiger partial charge on any atom is -0.266 e. The van der Waals surface area contributed by atoms with Gasteiger partial charge in [0.25, 0.3) is 5.91 Å². The predicted octanol–water partition coefficient (Wildman–Crippen LogP) is 1.63. The maximum absolute atomic E-state index is 11.7. The highest BCUT2D eigenvalue weighted by Gasteiger charge is 2.04. The normalized spacial score (nSPS) is 11.1. The van der Waals surface area contributed by atoms with Crippen LogP contribution in [0.5, 0.6) is 0 Å². The van der Waals surface area contributed by atoms with Crippen LogP contribution in [0.1, 0.15) is 23.0 Å². The monoisotopic (exact) mass is 240 g/mol. The number of nitrogens with zero attached hydrogens (tertiary/aromatic N) is 3. The van der Waals surface area contributed by atoms with E-state index < -0.39 is 0 Å². The largest absolute Gasteiger partial charge is 0.289 e. The van der Waals surface area contributed by atoms with Gasteiger partial charge in [-0.3, -0.25) is 14.8 Å². The Bertz CT molecular complexity index is 552. The fraction of sp³-hybridized carbons (Fsp3) is 0.0769. The van der Waals surface area contributed by atoms with Gasteiger partial charge >= 0.3 is 0 Å². The number of amides is 1. The maximum Gasteiger partial charge on any atom is 0.289 e. The van der Waals surface area contributed by atoms with Gasteiger partial charge in [0.2, 0.25) is 0 Å². The van der Waals surface area contributed by atoms with Crippen LogP contribution in [0.3, 0.4) is 0 Å². The van der Waals surface area contributed by atoms with E-state index in [0.29, 0.717) is 11.4 Å². The first-order valence-corrected chi connectivity index (χ1v) is 5.43. The molecule has 0 saturated carbocycles. The lowest BCUT2D eigenvalue weighted by atomic mass is 10.2. The van der Waals surface area contributed by atoms with Crippen molar-refractivity contribution in [1.82, 2.24) is 15.4 Å². The maximum atomic E-state index is 11.7. The van der Waals surface area contributed by atoms with Gasteiger partial charge in [0.1, 0.15) is 5.69 Å². The Morgan fingerprint density at radius 3 is 2.78 bits per heavy atom. The Morgan fingerprint density at radius 1 is 1.22 bits per heavy atom. The van der Waals surface area contributed by atoms with Crippen molar-refractivity contribution in [2.45, 2.75) is 6.92 Å². The van der Waals surface area contributed by atoms with E-state index in [-0.39, 0.29) is 5.91 Å². The van der Waals surface area contributed by atoms with Gasteiger partial charge in [0.15, 0.2) is 0 Å². The summed E-state index contributed by atoms with van der Waals surface area (Å²) in [4.78, 5) is 19.6. The van der Waals surface area contributed by atoms with Crippen molar-refractivity contribution >= 4 is 11.6 Å². The minimum atomic E-state index is -0.334. The summed E-state index contributed by atoms with van der Waals surface area (Å²) in [6, 6.07) is 8.82. The van der Waals surface area contributed by atoms with Crippen LogP contribution in [0.15, 0.2) is 54.0 Å². The zero-order chi connectivity index (χ0) is 12.8. The molecule has 0 fully saturated rings. The van der Waals surface area contributed by atoms with Crippen LogP contribution in [0, 0.1) is 0 Å². The summed E-state index contributed by atoms with van der Waals surface area (Å²) in [6.45, 7) is 1.80. The van der Waals surface area contributed by atoms with Crippen LogP contribution in [0.25, 0.3) is 0 Å².